The maximum Gasteiger partial charge on any atom is 0.168 e. The molecule has 0 aliphatic rings. The summed E-state index contributed by atoms with van der Waals surface area (Å²) in [7, 11) is 1.45. The summed E-state index contributed by atoms with van der Waals surface area (Å²) < 4.78 is 18.2. The van der Waals surface area contributed by atoms with Crippen LogP contribution in [0.3, 0.4) is 0 Å². The first-order valence-electron chi connectivity index (χ1n) is 5.09. The van der Waals surface area contributed by atoms with E-state index in [4.69, 9.17) is 4.74 Å². The topological polar surface area (TPSA) is 26.3 Å². The summed E-state index contributed by atoms with van der Waals surface area (Å²) >= 11 is 1.51. The number of thiophene rings is 1. The second-order valence-electron chi connectivity index (χ2n) is 3.56. The third-order valence-corrected chi connectivity index (χ3v) is 3.22. The van der Waals surface area contributed by atoms with Crippen molar-refractivity contribution in [1.82, 2.24) is 0 Å². The van der Waals surface area contributed by atoms with Crippen LogP contribution in [-0.2, 0) is 6.42 Å². The second kappa shape index (κ2) is 5.10. The molecule has 2 aromatic rings. The van der Waals surface area contributed by atoms with Crippen molar-refractivity contribution in [2.45, 2.75) is 6.42 Å². The highest BCUT2D eigenvalue weighted by Gasteiger charge is 2.10. The monoisotopic (exact) mass is 250 g/mol. The molecule has 2 nitrogen and oxygen atoms in total. The fourth-order valence-corrected chi connectivity index (χ4v) is 2.22. The lowest BCUT2D eigenvalue weighted by molar-refractivity contribution is 0.0993. The van der Waals surface area contributed by atoms with E-state index in [0.29, 0.717) is 17.7 Å². The summed E-state index contributed by atoms with van der Waals surface area (Å²) in [5.74, 6) is -0.205. The van der Waals surface area contributed by atoms with Crippen molar-refractivity contribution < 1.29 is 13.9 Å². The fourth-order valence-electron chi connectivity index (χ4n) is 1.52. The number of Topliss-reactive ketones (excluding diaryl/α,β-unsaturated/α-hetero) is 1. The summed E-state index contributed by atoms with van der Waals surface area (Å²) in [6.45, 7) is 0. The molecule has 0 N–H and O–H groups in total. The predicted molar refractivity (Wildman–Crippen MR) is 65.3 cm³/mol. The largest absolute Gasteiger partial charge is 0.497 e. The van der Waals surface area contributed by atoms with Gasteiger partial charge in [-0.25, -0.2) is 4.39 Å². The van der Waals surface area contributed by atoms with Crippen molar-refractivity contribution in [2.24, 2.45) is 0 Å². The molecule has 0 atom stereocenters. The average Bonchev–Trinajstić information content (AvgIpc) is 2.81. The van der Waals surface area contributed by atoms with Crippen LogP contribution in [0.4, 0.5) is 4.39 Å². The minimum atomic E-state index is -0.459. The summed E-state index contributed by atoms with van der Waals surface area (Å²) in [5, 5.41) is 1.91. The number of hydrogen-bond donors (Lipinski definition) is 0. The van der Waals surface area contributed by atoms with Gasteiger partial charge in [-0.1, -0.05) is 6.07 Å². The van der Waals surface area contributed by atoms with Crippen molar-refractivity contribution in [2.75, 3.05) is 7.11 Å². The zero-order chi connectivity index (χ0) is 12.3. The molecule has 0 saturated carbocycles. The molecule has 1 aromatic carbocycles. The van der Waals surface area contributed by atoms with Gasteiger partial charge in [0.05, 0.1) is 7.11 Å². The van der Waals surface area contributed by atoms with Gasteiger partial charge >= 0.3 is 0 Å². The minimum absolute atomic E-state index is 0.106. The number of benzene rings is 1. The molecule has 2 rings (SSSR count). The SMILES string of the molecule is COc1cc(F)cc(C(=O)Cc2cccs2)c1. The highest BCUT2D eigenvalue weighted by molar-refractivity contribution is 7.10. The van der Waals surface area contributed by atoms with E-state index in [1.54, 1.807) is 6.07 Å². The summed E-state index contributed by atoms with van der Waals surface area (Å²) in [5.41, 5.74) is 0.343. The Labute approximate surface area is 103 Å². The van der Waals surface area contributed by atoms with Gasteiger partial charge in [0, 0.05) is 22.9 Å². The Morgan fingerprint density at radius 2 is 2.24 bits per heavy atom. The van der Waals surface area contributed by atoms with Gasteiger partial charge in [-0.2, -0.15) is 0 Å². The van der Waals surface area contributed by atoms with Crippen molar-refractivity contribution in [3.8, 4) is 5.75 Å². The molecule has 0 spiro atoms. The van der Waals surface area contributed by atoms with Gasteiger partial charge in [0.2, 0.25) is 0 Å². The Hall–Kier alpha value is -1.68. The third-order valence-electron chi connectivity index (χ3n) is 2.34. The fraction of sp³-hybridized carbons (Fsp3) is 0.154. The number of methoxy groups -OCH3 is 1. The number of ketones is 1. The number of carbonyl (C=O) groups excluding carboxylic acids is 1. The van der Waals surface area contributed by atoms with Gasteiger partial charge in [0.25, 0.3) is 0 Å². The van der Waals surface area contributed by atoms with Crippen molar-refractivity contribution in [3.63, 3.8) is 0 Å². The predicted octanol–water partition coefficient (Wildman–Crippen LogP) is 3.32. The van der Waals surface area contributed by atoms with E-state index in [-0.39, 0.29) is 5.78 Å². The average molecular weight is 250 g/mol. The minimum Gasteiger partial charge on any atom is -0.497 e. The number of hydrogen-bond acceptors (Lipinski definition) is 3. The molecule has 0 fully saturated rings. The van der Waals surface area contributed by atoms with E-state index in [9.17, 15) is 9.18 Å². The molecular formula is C13H11FO2S. The van der Waals surface area contributed by atoms with Crippen LogP contribution in [0.2, 0.25) is 0 Å². The molecule has 0 saturated heterocycles. The van der Waals surface area contributed by atoms with Gasteiger partial charge in [-0.3, -0.25) is 4.79 Å². The van der Waals surface area contributed by atoms with Gasteiger partial charge in [0.1, 0.15) is 11.6 Å². The zero-order valence-electron chi connectivity index (χ0n) is 9.27. The second-order valence-corrected chi connectivity index (χ2v) is 4.59. The summed E-state index contributed by atoms with van der Waals surface area (Å²) in [6.07, 6.45) is 0.296. The molecular weight excluding hydrogens is 239 g/mol. The highest BCUT2D eigenvalue weighted by Crippen LogP contribution is 2.19. The first-order chi connectivity index (χ1) is 8.19. The van der Waals surface area contributed by atoms with Gasteiger partial charge in [-0.15, -0.1) is 11.3 Å². The molecule has 4 heteroatoms. The molecule has 17 heavy (non-hydrogen) atoms. The molecule has 0 aliphatic carbocycles. The molecule has 0 aliphatic heterocycles. The number of ether oxygens (including phenoxy) is 1. The molecule has 1 heterocycles. The van der Waals surface area contributed by atoms with Crippen molar-refractivity contribution in [3.05, 3.63) is 52.0 Å². The van der Waals surface area contributed by atoms with Crippen LogP contribution < -0.4 is 4.74 Å². The van der Waals surface area contributed by atoms with Gasteiger partial charge in [0.15, 0.2) is 5.78 Å². The maximum absolute atomic E-state index is 13.2. The van der Waals surface area contributed by atoms with Crippen molar-refractivity contribution in [1.29, 1.82) is 0 Å². The van der Waals surface area contributed by atoms with Crippen LogP contribution in [-0.4, -0.2) is 12.9 Å². The van der Waals surface area contributed by atoms with E-state index >= 15 is 0 Å². The third kappa shape index (κ3) is 2.91. The number of rotatable bonds is 4. The molecule has 0 radical (unpaired) electrons. The molecule has 0 bridgehead atoms. The Morgan fingerprint density at radius 3 is 2.88 bits per heavy atom. The van der Waals surface area contributed by atoms with E-state index in [1.165, 1.54) is 30.6 Å². The zero-order valence-corrected chi connectivity index (χ0v) is 10.1. The lowest BCUT2D eigenvalue weighted by Gasteiger charge is -2.04. The Bertz CT molecular complexity index is 520. The molecule has 0 unspecified atom stereocenters. The van der Waals surface area contributed by atoms with Gasteiger partial charge in [-0.05, 0) is 23.6 Å². The highest BCUT2D eigenvalue weighted by atomic mass is 32.1. The van der Waals surface area contributed by atoms with E-state index < -0.39 is 5.82 Å². The first kappa shape index (κ1) is 11.8. The lowest BCUT2D eigenvalue weighted by atomic mass is 10.1. The van der Waals surface area contributed by atoms with Crippen LogP contribution >= 0.6 is 11.3 Å². The van der Waals surface area contributed by atoms with Crippen LogP contribution in [0.25, 0.3) is 0 Å². The van der Waals surface area contributed by atoms with Gasteiger partial charge < -0.3 is 4.74 Å². The Kier molecular flexibility index (Phi) is 3.54. The quantitative estimate of drug-likeness (QED) is 0.778. The Morgan fingerprint density at radius 1 is 1.41 bits per heavy atom. The first-order valence-corrected chi connectivity index (χ1v) is 5.97. The summed E-state index contributed by atoms with van der Waals surface area (Å²) in [6, 6.07) is 7.82. The number of halogens is 1. The van der Waals surface area contributed by atoms with Crippen molar-refractivity contribution >= 4 is 17.1 Å². The van der Waals surface area contributed by atoms with E-state index in [2.05, 4.69) is 0 Å². The lowest BCUT2D eigenvalue weighted by Crippen LogP contribution is -2.03. The number of carbonyl (C=O) groups is 1. The van der Waals surface area contributed by atoms with Crippen LogP contribution in [0.1, 0.15) is 15.2 Å². The van der Waals surface area contributed by atoms with E-state index in [1.807, 2.05) is 17.5 Å². The van der Waals surface area contributed by atoms with Crippen LogP contribution in [0, 0.1) is 5.82 Å². The molecule has 1 aromatic heterocycles. The standard InChI is InChI=1S/C13H11FO2S/c1-16-11-6-9(5-10(14)7-11)13(15)8-12-3-2-4-17-12/h2-7H,8H2,1H3. The Balaban J connectivity index is 2.21. The van der Waals surface area contributed by atoms with Crippen LogP contribution in [0.15, 0.2) is 35.7 Å². The summed E-state index contributed by atoms with van der Waals surface area (Å²) in [4.78, 5) is 12.9. The smallest absolute Gasteiger partial charge is 0.168 e. The van der Waals surface area contributed by atoms with E-state index in [0.717, 1.165) is 4.88 Å². The maximum atomic E-state index is 13.2. The van der Waals surface area contributed by atoms with Crippen LogP contribution in [0.5, 0.6) is 5.75 Å². The normalized spacial score (nSPS) is 10.2. The molecule has 88 valence electrons. The molecule has 0 amide bonds.